The Kier molecular flexibility index (Phi) is 8.32. The number of hydrogen-bond acceptors (Lipinski definition) is 3. The van der Waals surface area contributed by atoms with E-state index in [9.17, 15) is 5.11 Å². The maximum atomic E-state index is 9.39. The molecule has 3 N–H and O–H groups in total. The summed E-state index contributed by atoms with van der Waals surface area (Å²) in [5, 5.41) is 9.39. The van der Waals surface area contributed by atoms with Gasteiger partial charge in [0.15, 0.2) is 0 Å². The van der Waals surface area contributed by atoms with Crippen LogP contribution in [0.15, 0.2) is 12.1 Å². The molecule has 3 heteroatoms. The van der Waals surface area contributed by atoms with E-state index in [1.807, 2.05) is 6.92 Å². The van der Waals surface area contributed by atoms with E-state index < -0.39 is 5.54 Å². The fourth-order valence-corrected chi connectivity index (χ4v) is 4.31. The first kappa shape index (κ1) is 19.5. The van der Waals surface area contributed by atoms with Crippen LogP contribution in [0.2, 0.25) is 0 Å². The van der Waals surface area contributed by atoms with Crippen LogP contribution >= 0.6 is 11.3 Å². The molecule has 0 spiro atoms. The van der Waals surface area contributed by atoms with Crippen LogP contribution in [0.3, 0.4) is 0 Å². The van der Waals surface area contributed by atoms with E-state index in [0.29, 0.717) is 0 Å². The molecule has 0 aliphatic heterocycles. The van der Waals surface area contributed by atoms with Crippen LogP contribution in [0.4, 0.5) is 0 Å². The van der Waals surface area contributed by atoms with E-state index in [1.165, 1.54) is 49.8 Å². The highest BCUT2D eigenvalue weighted by Gasteiger charge is 2.21. The molecule has 0 bridgehead atoms. The molecule has 1 atom stereocenters. The molecule has 1 fully saturated rings. The van der Waals surface area contributed by atoms with Crippen molar-refractivity contribution in [2.24, 2.45) is 11.7 Å². The van der Waals surface area contributed by atoms with Crippen molar-refractivity contribution in [2.75, 3.05) is 6.61 Å². The zero-order chi connectivity index (χ0) is 17.3. The predicted molar refractivity (Wildman–Crippen MR) is 104 cm³/mol. The lowest BCUT2D eigenvalue weighted by Crippen LogP contribution is -2.43. The number of thiophene rings is 1. The maximum absolute atomic E-state index is 9.39. The van der Waals surface area contributed by atoms with E-state index in [0.717, 1.165) is 36.5 Å². The van der Waals surface area contributed by atoms with Gasteiger partial charge in [-0.2, -0.15) is 0 Å². The maximum Gasteiger partial charge on any atom is 0.0771 e. The topological polar surface area (TPSA) is 46.2 Å². The Bertz CT molecular complexity index is 530. The summed E-state index contributed by atoms with van der Waals surface area (Å²) in [5.74, 6) is 7.63. The van der Waals surface area contributed by atoms with Gasteiger partial charge in [-0.15, -0.1) is 11.3 Å². The van der Waals surface area contributed by atoms with Crippen molar-refractivity contribution in [2.45, 2.75) is 83.1 Å². The van der Waals surface area contributed by atoms with Gasteiger partial charge in [0.05, 0.1) is 11.5 Å². The van der Waals surface area contributed by atoms with Crippen molar-refractivity contribution in [3.05, 3.63) is 21.9 Å². The van der Waals surface area contributed by atoms with E-state index in [4.69, 9.17) is 5.73 Å². The fraction of sp³-hybridized carbons (Fsp3) is 0.714. The Morgan fingerprint density at radius 3 is 2.79 bits per heavy atom. The summed E-state index contributed by atoms with van der Waals surface area (Å²) in [5.41, 5.74) is 5.72. The summed E-state index contributed by atoms with van der Waals surface area (Å²) >= 11 is 1.77. The van der Waals surface area contributed by atoms with Crippen molar-refractivity contribution < 1.29 is 5.11 Å². The molecule has 1 saturated carbocycles. The first-order valence-corrected chi connectivity index (χ1v) is 10.4. The van der Waals surface area contributed by atoms with Gasteiger partial charge in [0.25, 0.3) is 0 Å². The van der Waals surface area contributed by atoms with Gasteiger partial charge in [-0.3, -0.25) is 0 Å². The summed E-state index contributed by atoms with van der Waals surface area (Å²) in [6.07, 6.45) is 13.4. The standard InChI is InChI=1S/C21H33NOS/c1-2-21(22,17-23)16-15-20-14-13-19(24-20)12-8-4-7-11-18-9-5-3-6-10-18/h13-14,18,23H,2-7,9-11,15-17,22H2,1H3. The van der Waals surface area contributed by atoms with Crippen LogP contribution in [0, 0.1) is 17.8 Å². The number of aliphatic hydroxyl groups is 1. The Labute approximate surface area is 151 Å². The summed E-state index contributed by atoms with van der Waals surface area (Å²) in [7, 11) is 0. The second-order valence-corrected chi connectivity index (χ2v) is 8.51. The highest BCUT2D eigenvalue weighted by molar-refractivity contribution is 7.12. The van der Waals surface area contributed by atoms with Crippen molar-refractivity contribution >= 4 is 11.3 Å². The summed E-state index contributed by atoms with van der Waals surface area (Å²) in [6.45, 7) is 2.09. The van der Waals surface area contributed by atoms with Gasteiger partial charge in [0.1, 0.15) is 0 Å². The van der Waals surface area contributed by atoms with Gasteiger partial charge < -0.3 is 10.8 Å². The first-order chi connectivity index (χ1) is 11.6. The van der Waals surface area contributed by atoms with Crippen LogP contribution in [-0.2, 0) is 6.42 Å². The molecule has 0 aromatic carbocycles. The van der Waals surface area contributed by atoms with Gasteiger partial charge in [0.2, 0.25) is 0 Å². The fourth-order valence-electron chi connectivity index (χ4n) is 3.42. The molecule has 1 aliphatic rings. The minimum Gasteiger partial charge on any atom is -0.394 e. The number of aliphatic hydroxyl groups excluding tert-OH is 1. The lowest BCUT2D eigenvalue weighted by atomic mass is 9.86. The van der Waals surface area contributed by atoms with Crippen molar-refractivity contribution in [3.63, 3.8) is 0 Å². The van der Waals surface area contributed by atoms with Crippen LogP contribution in [0.25, 0.3) is 0 Å². The second kappa shape index (κ2) is 10.2. The average molecular weight is 348 g/mol. The Balaban J connectivity index is 1.69. The summed E-state index contributed by atoms with van der Waals surface area (Å²) < 4.78 is 0. The minimum atomic E-state index is -0.436. The molecule has 24 heavy (non-hydrogen) atoms. The van der Waals surface area contributed by atoms with Crippen LogP contribution < -0.4 is 5.73 Å². The Morgan fingerprint density at radius 1 is 1.29 bits per heavy atom. The Morgan fingerprint density at radius 2 is 2.08 bits per heavy atom. The molecule has 0 radical (unpaired) electrons. The molecule has 1 aromatic rings. The number of nitrogens with two attached hydrogens (primary N) is 1. The predicted octanol–water partition coefficient (Wildman–Crippen LogP) is 4.88. The molecule has 2 nitrogen and oxygen atoms in total. The number of rotatable bonds is 8. The molecule has 0 amide bonds. The van der Waals surface area contributed by atoms with E-state index in [-0.39, 0.29) is 6.61 Å². The zero-order valence-electron chi connectivity index (χ0n) is 15.2. The van der Waals surface area contributed by atoms with Gasteiger partial charge in [-0.25, -0.2) is 0 Å². The minimum absolute atomic E-state index is 0.0581. The van der Waals surface area contributed by atoms with E-state index >= 15 is 0 Å². The number of unbranched alkanes of at least 4 members (excludes halogenated alkanes) is 1. The zero-order valence-corrected chi connectivity index (χ0v) is 16.0. The number of aryl methyl sites for hydroxylation is 1. The molecule has 134 valence electrons. The van der Waals surface area contributed by atoms with Gasteiger partial charge in [-0.1, -0.05) is 50.9 Å². The Hall–Kier alpha value is -0.820. The average Bonchev–Trinajstić information content (AvgIpc) is 3.08. The molecule has 1 heterocycles. The quantitative estimate of drug-likeness (QED) is 0.520. The third kappa shape index (κ3) is 6.59. The first-order valence-electron chi connectivity index (χ1n) is 9.62. The highest BCUT2D eigenvalue weighted by Crippen LogP contribution is 2.27. The normalized spacial score (nSPS) is 18.0. The van der Waals surface area contributed by atoms with Crippen LogP contribution in [0.1, 0.15) is 80.9 Å². The molecule has 0 saturated heterocycles. The van der Waals surface area contributed by atoms with Crippen molar-refractivity contribution in [1.29, 1.82) is 0 Å². The van der Waals surface area contributed by atoms with Crippen LogP contribution in [-0.4, -0.2) is 17.3 Å². The van der Waals surface area contributed by atoms with Gasteiger partial charge in [0, 0.05) is 16.8 Å². The lowest BCUT2D eigenvalue weighted by molar-refractivity contribution is 0.183. The monoisotopic (exact) mass is 347 g/mol. The molecule has 1 aliphatic carbocycles. The third-order valence-electron chi connectivity index (χ3n) is 5.40. The third-order valence-corrected chi connectivity index (χ3v) is 6.46. The second-order valence-electron chi connectivity index (χ2n) is 7.34. The molecule has 2 rings (SSSR count). The smallest absolute Gasteiger partial charge is 0.0771 e. The summed E-state index contributed by atoms with van der Waals surface area (Å²) in [6, 6.07) is 4.28. The van der Waals surface area contributed by atoms with Crippen molar-refractivity contribution in [1.82, 2.24) is 0 Å². The molecule has 1 unspecified atom stereocenters. The largest absolute Gasteiger partial charge is 0.394 e. The highest BCUT2D eigenvalue weighted by atomic mass is 32.1. The molecular weight excluding hydrogens is 314 g/mol. The van der Waals surface area contributed by atoms with Crippen LogP contribution in [0.5, 0.6) is 0 Å². The molecule has 1 aromatic heterocycles. The summed E-state index contributed by atoms with van der Waals surface area (Å²) in [4.78, 5) is 2.48. The SMILES string of the molecule is CCC(N)(CO)CCc1ccc(C#CCCCC2CCCCC2)s1. The number of hydrogen-bond donors (Lipinski definition) is 2. The van der Waals surface area contributed by atoms with Gasteiger partial charge >= 0.3 is 0 Å². The van der Waals surface area contributed by atoms with E-state index in [2.05, 4.69) is 24.0 Å². The lowest BCUT2D eigenvalue weighted by Gasteiger charge is -2.25. The van der Waals surface area contributed by atoms with E-state index in [1.54, 1.807) is 11.3 Å². The van der Waals surface area contributed by atoms with Crippen molar-refractivity contribution in [3.8, 4) is 11.8 Å². The van der Waals surface area contributed by atoms with Gasteiger partial charge in [-0.05, 0) is 50.2 Å². The molecular formula is C21H33NOS.